The lowest BCUT2D eigenvalue weighted by Gasteiger charge is -2.25. The third kappa shape index (κ3) is 4.30. The zero-order chi connectivity index (χ0) is 15.2. The Morgan fingerprint density at radius 1 is 1.19 bits per heavy atom. The van der Waals surface area contributed by atoms with Crippen molar-refractivity contribution in [2.24, 2.45) is 5.73 Å². The molecule has 0 heterocycles. The van der Waals surface area contributed by atoms with Crippen LogP contribution in [-0.4, -0.2) is 18.3 Å². The molecule has 0 fully saturated rings. The first-order chi connectivity index (χ1) is 10.1. The zero-order valence-corrected chi connectivity index (χ0v) is 13.8. The molecular formula is C17H21BrN2O. The second-order valence-electron chi connectivity index (χ2n) is 5.13. The molecule has 0 radical (unpaired) electrons. The maximum atomic E-state index is 9.31. The van der Waals surface area contributed by atoms with Gasteiger partial charge in [0.05, 0.1) is 6.61 Å². The minimum absolute atomic E-state index is 0.00570. The molecule has 3 N–H and O–H groups in total. The van der Waals surface area contributed by atoms with E-state index in [1.54, 1.807) is 0 Å². The average Bonchev–Trinajstić information content (AvgIpc) is 2.47. The predicted octanol–water partition coefficient (Wildman–Crippen LogP) is 3.47. The molecule has 0 saturated heterocycles. The topological polar surface area (TPSA) is 49.5 Å². The summed E-state index contributed by atoms with van der Waals surface area (Å²) in [4.78, 5) is 2.16. The van der Waals surface area contributed by atoms with Crippen LogP contribution in [0.15, 0.2) is 53.0 Å². The van der Waals surface area contributed by atoms with E-state index in [2.05, 4.69) is 45.1 Å². The molecule has 0 unspecified atom stereocenters. The highest BCUT2D eigenvalue weighted by atomic mass is 79.9. The molecule has 4 heteroatoms. The van der Waals surface area contributed by atoms with Gasteiger partial charge in [0.2, 0.25) is 0 Å². The van der Waals surface area contributed by atoms with Crippen molar-refractivity contribution >= 4 is 21.6 Å². The van der Waals surface area contributed by atoms with Crippen molar-refractivity contribution in [3.05, 3.63) is 64.1 Å². The molecule has 112 valence electrons. The maximum absolute atomic E-state index is 9.31. The number of hydrogen-bond donors (Lipinski definition) is 2. The Bertz CT molecular complexity index is 572. The number of halogens is 1. The van der Waals surface area contributed by atoms with Crippen molar-refractivity contribution < 1.29 is 5.11 Å². The summed E-state index contributed by atoms with van der Waals surface area (Å²) in [6.45, 7) is 3.46. The maximum Gasteiger partial charge on any atom is 0.0606 e. The third-order valence-corrected chi connectivity index (χ3v) is 4.11. The molecule has 0 saturated carbocycles. The molecule has 0 spiro atoms. The van der Waals surface area contributed by atoms with E-state index in [0.29, 0.717) is 6.54 Å². The van der Waals surface area contributed by atoms with Crippen LogP contribution in [0.2, 0.25) is 0 Å². The fraction of sp³-hybridized carbons (Fsp3) is 0.294. The first-order valence-corrected chi connectivity index (χ1v) is 7.86. The summed E-state index contributed by atoms with van der Waals surface area (Å²) in [5.74, 6) is 0. The fourth-order valence-corrected chi connectivity index (χ4v) is 3.03. The summed E-state index contributed by atoms with van der Waals surface area (Å²) in [6.07, 6.45) is 0. The van der Waals surface area contributed by atoms with Gasteiger partial charge in [0, 0.05) is 29.3 Å². The van der Waals surface area contributed by atoms with E-state index in [9.17, 15) is 5.11 Å². The lowest BCUT2D eigenvalue weighted by molar-refractivity contribution is 0.301. The molecule has 0 aliphatic carbocycles. The molecule has 1 atom stereocenters. The monoisotopic (exact) mass is 348 g/mol. The highest BCUT2D eigenvalue weighted by Crippen LogP contribution is 2.28. The lowest BCUT2D eigenvalue weighted by Crippen LogP contribution is -2.26. The summed E-state index contributed by atoms with van der Waals surface area (Å²) in [6, 6.07) is 16.4. The zero-order valence-electron chi connectivity index (χ0n) is 12.2. The number of nitrogens with zero attached hydrogens (tertiary/aromatic N) is 1. The first kappa shape index (κ1) is 16.0. The van der Waals surface area contributed by atoms with Crippen LogP contribution in [0.4, 0.5) is 5.69 Å². The molecule has 0 aliphatic heterocycles. The summed E-state index contributed by atoms with van der Waals surface area (Å²) >= 11 is 3.58. The van der Waals surface area contributed by atoms with Crippen LogP contribution in [0.25, 0.3) is 0 Å². The van der Waals surface area contributed by atoms with Crippen molar-refractivity contribution in [3.63, 3.8) is 0 Å². The van der Waals surface area contributed by atoms with E-state index < -0.39 is 0 Å². The minimum Gasteiger partial charge on any atom is -0.395 e. The SMILES string of the molecule is C[C@H](N)c1ccc(N(CCO)Cc2ccccc2)cc1Br. The number of rotatable bonds is 6. The molecule has 3 nitrogen and oxygen atoms in total. The summed E-state index contributed by atoms with van der Waals surface area (Å²) in [7, 11) is 0. The van der Waals surface area contributed by atoms with Crippen LogP contribution < -0.4 is 10.6 Å². The van der Waals surface area contributed by atoms with Gasteiger partial charge in [-0.25, -0.2) is 0 Å². The van der Waals surface area contributed by atoms with E-state index in [1.807, 2.05) is 31.2 Å². The molecule has 0 bridgehead atoms. The Labute approximate surface area is 134 Å². The van der Waals surface area contributed by atoms with Gasteiger partial charge in [-0.2, -0.15) is 0 Å². The fourth-order valence-electron chi connectivity index (χ4n) is 2.31. The third-order valence-electron chi connectivity index (χ3n) is 3.43. The number of anilines is 1. The predicted molar refractivity (Wildman–Crippen MR) is 91.3 cm³/mol. The molecule has 21 heavy (non-hydrogen) atoms. The van der Waals surface area contributed by atoms with Crippen LogP contribution in [0, 0.1) is 0 Å². The van der Waals surface area contributed by atoms with Gasteiger partial charge < -0.3 is 15.7 Å². The van der Waals surface area contributed by atoms with Crippen molar-refractivity contribution in [2.75, 3.05) is 18.1 Å². The molecule has 2 aromatic rings. The summed E-state index contributed by atoms with van der Waals surface area (Å²) < 4.78 is 1.01. The summed E-state index contributed by atoms with van der Waals surface area (Å²) in [5, 5.41) is 9.31. The average molecular weight is 349 g/mol. The number of nitrogens with two attached hydrogens (primary N) is 1. The van der Waals surface area contributed by atoms with Gasteiger partial charge >= 0.3 is 0 Å². The Morgan fingerprint density at radius 3 is 2.48 bits per heavy atom. The normalized spacial score (nSPS) is 12.2. The van der Waals surface area contributed by atoms with Crippen LogP contribution in [-0.2, 0) is 6.54 Å². The van der Waals surface area contributed by atoms with Crippen molar-refractivity contribution in [2.45, 2.75) is 19.5 Å². The Kier molecular flexibility index (Phi) is 5.79. The minimum atomic E-state index is -0.00570. The molecule has 0 aliphatic rings. The van der Waals surface area contributed by atoms with E-state index in [0.717, 1.165) is 22.3 Å². The van der Waals surface area contributed by atoms with Crippen molar-refractivity contribution in [1.82, 2.24) is 0 Å². The smallest absolute Gasteiger partial charge is 0.0606 e. The Morgan fingerprint density at radius 2 is 1.90 bits per heavy atom. The summed E-state index contributed by atoms with van der Waals surface area (Å²) in [5.41, 5.74) is 9.32. The van der Waals surface area contributed by atoms with E-state index in [-0.39, 0.29) is 12.6 Å². The van der Waals surface area contributed by atoms with Crippen molar-refractivity contribution in [3.8, 4) is 0 Å². The highest BCUT2D eigenvalue weighted by molar-refractivity contribution is 9.10. The Balaban J connectivity index is 2.24. The molecule has 0 amide bonds. The first-order valence-electron chi connectivity index (χ1n) is 7.06. The van der Waals surface area contributed by atoms with Crippen LogP contribution in [0.3, 0.4) is 0 Å². The molecule has 0 aromatic heterocycles. The molecule has 2 rings (SSSR count). The van der Waals surface area contributed by atoms with Gasteiger partial charge in [-0.1, -0.05) is 52.3 Å². The van der Waals surface area contributed by atoms with Crippen molar-refractivity contribution in [1.29, 1.82) is 0 Å². The second-order valence-corrected chi connectivity index (χ2v) is 5.98. The van der Waals surface area contributed by atoms with Gasteiger partial charge in [-0.3, -0.25) is 0 Å². The number of benzene rings is 2. The second kappa shape index (κ2) is 7.59. The van der Waals surface area contributed by atoms with Gasteiger partial charge in [0.1, 0.15) is 0 Å². The lowest BCUT2D eigenvalue weighted by atomic mass is 10.1. The number of aliphatic hydroxyl groups is 1. The van der Waals surface area contributed by atoms with E-state index in [1.165, 1.54) is 5.56 Å². The van der Waals surface area contributed by atoms with Crippen LogP contribution >= 0.6 is 15.9 Å². The van der Waals surface area contributed by atoms with Gasteiger partial charge in [0.25, 0.3) is 0 Å². The Hall–Kier alpha value is -1.36. The number of aliphatic hydroxyl groups excluding tert-OH is 1. The standard InChI is InChI=1S/C17H21BrN2O/c1-13(19)16-8-7-15(11-17(16)18)20(9-10-21)12-14-5-3-2-4-6-14/h2-8,11,13,21H,9-10,12,19H2,1H3/t13-/m0/s1. The van der Waals surface area contributed by atoms with E-state index in [4.69, 9.17) is 5.73 Å². The van der Waals surface area contributed by atoms with E-state index >= 15 is 0 Å². The number of hydrogen-bond acceptors (Lipinski definition) is 3. The quantitative estimate of drug-likeness (QED) is 0.840. The highest BCUT2D eigenvalue weighted by Gasteiger charge is 2.11. The largest absolute Gasteiger partial charge is 0.395 e. The van der Waals surface area contributed by atoms with Gasteiger partial charge in [-0.05, 0) is 30.2 Å². The van der Waals surface area contributed by atoms with Gasteiger partial charge in [0.15, 0.2) is 0 Å². The van der Waals surface area contributed by atoms with Crippen LogP contribution in [0.5, 0.6) is 0 Å². The van der Waals surface area contributed by atoms with Crippen LogP contribution in [0.1, 0.15) is 24.1 Å². The molecular weight excluding hydrogens is 328 g/mol. The molecule has 2 aromatic carbocycles. The van der Waals surface area contributed by atoms with Gasteiger partial charge in [-0.15, -0.1) is 0 Å².